The lowest BCUT2D eigenvalue weighted by Gasteiger charge is -2.12. The molecule has 0 radical (unpaired) electrons. The smallest absolute Gasteiger partial charge is 0.163 e. The van der Waals surface area contributed by atoms with Gasteiger partial charge < -0.3 is 10.6 Å². The maximum atomic E-state index is 4.66. The van der Waals surface area contributed by atoms with E-state index in [9.17, 15) is 0 Å². The zero-order chi connectivity index (χ0) is 16.8. The van der Waals surface area contributed by atoms with E-state index in [-0.39, 0.29) is 0 Å². The minimum absolute atomic E-state index is 0.648. The quantitative estimate of drug-likeness (QED) is 0.642. The summed E-state index contributed by atoms with van der Waals surface area (Å²) < 4.78 is 0. The molecule has 3 rings (SSSR count). The SMILES string of the molecule is C=CCNc1cc(Nc2ccccc2C)nc(-c2ccccc2)n1. The monoisotopic (exact) mass is 316 g/mol. The Labute approximate surface area is 142 Å². The fourth-order valence-corrected chi connectivity index (χ4v) is 2.35. The maximum absolute atomic E-state index is 4.66. The lowest BCUT2D eigenvalue weighted by atomic mass is 10.2. The molecule has 3 aromatic rings. The van der Waals surface area contributed by atoms with Crippen molar-refractivity contribution in [2.24, 2.45) is 0 Å². The summed E-state index contributed by atoms with van der Waals surface area (Å²) in [5.41, 5.74) is 3.18. The van der Waals surface area contributed by atoms with Crippen molar-refractivity contribution in [3.63, 3.8) is 0 Å². The Kier molecular flexibility index (Phi) is 4.87. The van der Waals surface area contributed by atoms with E-state index in [1.807, 2.05) is 54.6 Å². The highest BCUT2D eigenvalue weighted by Crippen LogP contribution is 2.24. The summed E-state index contributed by atoms with van der Waals surface area (Å²) in [6.45, 7) is 6.45. The maximum Gasteiger partial charge on any atom is 0.163 e. The van der Waals surface area contributed by atoms with Crippen molar-refractivity contribution >= 4 is 17.3 Å². The van der Waals surface area contributed by atoms with Crippen LogP contribution in [-0.4, -0.2) is 16.5 Å². The van der Waals surface area contributed by atoms with Crippen LogP contribution >= 0.6 is 0 Å². The minimum atomic E-state index is 0.648. The third kappa shape index (κ3) is 3.79. The largest absolute Gasteiger partial charge is 0.366 e. The van der Waals surface area contributed by atoms with E-state index in [1.54, 1.807) is 6.08 Å². The van der Waals surface area contributed by atoms with E-state index in [2.05, 4.69) is 40.2 Å². The van der Waals surface area contributed by atoms with Gasteiger partial charge in [-0.05, 0) is 18.6 Å². The third-order valence-corrected chi connectivity index (χ3v) is 3.59. The van der Waals surface area contributed by atoms with Crippen molar-refractivity contribution in [1.82, 2.24) is 9.97 Å². The number of anilines is 3. The van der Waals surface area contributed by atoms with Crippen LogP contribution in [0.5, 0.6) is 0 Å². The molecule has 0 saturated heterocycles. The molecule has 0 saturated carbocycles. The van der Waals surface area contributed by atoms with E-state index in [4.69, 9.17) is 0 Å². The average Bonchev–Trinajstić information content (AvgIpc) is 2.62. The molecule has 0 fully saturated rings. The average molecular weight is 316 g/mol. The number of aryl methyl sites for hydroxylation is 1. The lowest BCUT2D eigenvalue weighted by Crippen LogP contribution is -2.05. The molecule has 0 aliphatic carbocycles. The lowest BCUT2D eigenvalue weighted by molar-refractivity contribution is 1.15. The second-order valence-electron chi connectivity index (χ2n) is 5.44. The number of rotatable bonds is 6. The van der Waals surface area contributed by atoms with Gasteiger partial charge in [0.25, 0.3) is 0 Å². The Bertz CT molecular complexity index is 828. The number of nitrogens with one attached hydrogen (secondary N) is 2. The highest BCUT2D eigenvalue weighted by atomic mass is 15.1. The van der Waals surface area contributed by atoms with Gasteiger partial charge in [0, 0.05) is 23.9 Å². The summed E-state index contributed by atoms with van der Waals surface area (Å²) >= 11 is 0. The molecule has 2 N–H and O–H groups in total. The Balaban J connectivity index is 1.98. The van der Waals surface area contributed by atoms with Crippen LogP contribution in [0.2, 0.25) is 0 Å². The topological polar surface area (TPSA) is 49.8 Å². The summed E-state index contributed by atoms with van der Waals surface area (Å²) in [6, 6.07) is 20.0. The molecule has 0 aliphatic rings. The molecule has 24 heavy (non-hydrogen) atoms. The minimum Gasteiger partial charge on any atom is -0.366 e. The highest BCUT2D eigenvalue weighted by Gasteiger charge is 2.07. The van der Waals surface area contributed by atoms with Gasteiger partial charge in [-0.15, -0.1) is 6.58 Å². The Hall–Kier alpha value is -3.14. The summed E-state index contributed by atoms with van der Waals surface area (Å²) in [5.74, 6) is 2.20. The Morgan fingerprint density at radius 3 is 2.42 bits per heavy atom. The summed E-state index contributed by atoms with van der Waals surface area (Å²) in [5, 5.41) is 6.62. The Morgan fingerprint density at radius 2 is 1.67 bits per heavy atom. The van der Waals surface area contributed by atoms with Crippen LogP contribution in [0.1, 0.15) is 5.56 Å². The van der Waals surface area contributed by atoms with Crippen LogP contribution in [0.15, 0.2) is 73.3 Å². The summed E-state index contributed by atoms with van der Waals surface area (Å²) in [6.07, 6.45) is 1.80. The van der Waals surface area contributed by atoms with Crippen molar-refractivity contribution in [3.05, 3.63) is 78.9 Å². The van der Waals surface area contributed by atoms with Crippen molar-refractivity contribution in [2.45, 2.75) is 6.92 Å². The molecule has 0 amide bonds. The van der Waals surface area contributed by atoms with Crippen molar-refractivity contribution < 1.29 is 0 Å². The van der Waals surface area contributed by atoms with Gasteiger partial charge in [0.1, 0.15) is 11.6 Å². The zero-order valence-electron chi connectivity index (χ0n) is 13.7. The Morgan fingerprint density at radius 1 is 0.958 bits per heavy atom. The van der Waals surface area contributed by atoms with Crippen molar-refractivity contribution in [3.8, 4) is 11.4 Å². The van der Waals surface area contributed by atoms with Crippen LogP contribution in [-0.2, 0) is 0 Å². The second kappa shape index (κ2) is 7.42. The van der Waals surface area contributed by atoms with Gasteiger partial charge in [0.15, 0.2) is 5.82 Å². The number of aromatic nitrogens is 2. The fraction of sp³-hybridized carbons (Fsp3) is 0.100. The molecule has 4 heteroatoms. The first-order valence-electron chi connectivity index (χ1n) is 7.88. The van der Waals surface area contributed by atoms with E-state index in [1.165, 1.54) is 0 Å². The van der Waals surface area contributed by atoms with E-state index >= 15 is 0 Å². The third-order valence-electron chi connectivity index (χ3n) is 3.59. The zero-order valence-corrected chi connectivity index (χ0v) is 13.7. The number of benzene rings is 2. The van der Waals surface area contributed by atoms with Gasteiger partial charge >= 0.3 is 0 Å². The number of hydrogen-bond acceptors (Lipinski definition) is 4. The number of para-hydroxylation sites is 1. The predicted octanol–water partition coefficient (Wildman–Crippen LogP) is 4.79. The highest BCUT2D eigenvalue weighted by molar-refractivity contribution is 5.66. The normalized spacial score (nSPS) is 10.2. The molecule has 4 nitrogen and oxygen atoms in total. The summed E-state index contributed by atoms with van der Waals surface area (Å²) in [4.78, 5) is 9.26. The molecule has 0 unspecified atom stereocenters. The van der Waals surface area contributed by atoms with Gasteiger partial charge in [-0.25, -0.2) is 9.97 Å². The van der Waals surface area contributed by atoms with Crippen LogP contribution in [0.25, 0.3) is 11.4 Å². The standard InChI is InChI=1S/C20H20N4/c1-3-13-21-18-14-19(22-17-12-8-7-9-15(17)2)24-20(23-18)16-10-5-4-6-11-16/h3-12,14H,1,13H2,2H3,(H2,21,22,23,24). The first kappa shape index (κ1) is 15.7. The van der Waals surface area contributed by atoms with Crippen LogP contribution in [0, 0.1) is 6.92 Å². The van der Waals surface area contributed by atoms with Crippen molar-refractivity contribution in [1.29, 1.82) is 0 Å². The van der Waals surface area contributed by atoms with E-state index in [0.29, 0.717) is 12.4 Å². The molecule has 2 aromatic carbocycles. The van der Waals surface area contributed by atoms with Crippen LogP contribution in [0.4, 0.5) is 17.3 Å². The predicted molar refractivity (Wildman–Crippen MR) is 101 cm³/mol. The van der Waals surface area contributed by atoms with Crippen molar-refractivity contribution in [2.75, 3.05) is 17.2 Å². The molecule has 0 spiro atoms. The van der Waals surface area contributed by atoms with E-state index in [0.717, 1.165) is 28.5 Å². The van der Waals surface area contributed by atoms with Gasteiger partial charge in [-0.2, -0.15) is 0 Å². The molecule has 1 heterocycles. The molecule has 0 bridgehead atoms. The molecule has 0 atom stereocenters. The number of hydrogen-bond donors (Lipinski definition) is 2. The van der Waals surface area contributed by atoms with Gasteiger partial charge in [0.2, 0.25) is 0 Å². The van der Waals surface area contributed by atoms with Gasteiger partial charge in [0.05, 0.1) is 0 Å². The van der Waals surface area contributed by atoms with Gasteiger partial charge in [-0.3, -0.25) is 0 Å². The van der Waals surface area contributed by atoms with Gasteiger partial charge in [-0.1, -0.05) is 54.6 Å². The molecular weight excluding hydrogens is 296 g/mol. The first-order valence-corrected chi connectivity index (χ1v) is 7.88. The first-order chi connectivity index (χ1) is 11.8. The second-order valence-corrected chi connectivity index (χ2v) is 5.44. The molecule has 120 valence electrons. The summed E-state index contributed by atoms with van der Waals surface area (Å²) in [7, 11) is 0. The number of nitrogens with zero attached hydrogens (tertiary/aromatic N) is 2. The van der Waals surface area contributed by atoms with Crippen LogP contribution in [0.3, 0.4) is 0 Å². The fourth-order valence-electron chi connectivity index (χ4n) is 2.35. The molecular formula is C20H20N4. The molecule has 1 aromatic heterocycles. The van der Waals surface area contributed by atoms with E-state index < -0.39 is 0 Å². The molecule has 0 aliphatic heterocycles. The van der Waals surface area contributed by atoms with Crippen LogP contribution < -0.4 is 10.6 Å².